The largest absolute Gasteiger partial charge is 0.311 e. The summed E-state index contributed by atoms with van der Waals surface area (Å²) in [6, 6.07) is 4.80. The minimum atomic E-state index is -0.385. The number of hydrogen-bond donors (Lipinski definition) is 1. The van der Waals surface area contributed by atoms with Gasteiger partial charge in [0.05, 0.1) is 4.92 Å². The fourth-order valence-electron chi connectivity index (χ4n) is 1.87. The smallest absolute Gasteiger partial charge is 0.275 e. The van der Waals surface area contributed by atoms with Crippen molar-refractivity contribution in [2.75, 3.05) is 12.8 Å². The second-order valence-electron chi connectivity index (χ2n) is 4.52. The Morgan fingerprint density at radius 1 is 1.56 bits per heavy atom. The molecule has 1 aromatic carbocycles. The Balaban J connectivity index is 1.98. The normalized spacial score (nSPS) is 16.6. The van der Waals surface area contributed by atoms with E-state index in [2.05, 4.69) is 11.6 Å². The van der Waals surface area contributed by atoms with E-state index in [0.29, 0.717) is 21.9 Å². The number of halogens is 1. The van der Waals surface area contributed by atoms with Gasteiger partial charge in [0, 0.05) is 34.5 Å². The third kappa shape index (κ3) is 3.16. The van der Waals surface area contributed by atoms with E-state index in [1.54, 1.807) is 12.1 Å². The molecule has 1 fully saturated rings. The van der Waals surface area contributed by atoms with Gasteiger partial charge in [-0.15, -0.1) is 0 Å². The lowest BCUT2D eigenvalue weighted by molar-refractivity contribution is -0.385. The molecule has 98 valence electrons. The summed E-state index contributed by atoms with van der Waals surface area (Å²) in [7, 11) is 0. The van der Waals surface area contributed by atoms with E-state index in [9.17, 15) is 10.1 Å². The lowest BCUT2D eigenvalue weighted by Crippen LogP contribution is -2.25. The van der Waals surface area contributed by atoms with E-state index >= 15 is 0 Å². The average molecular weight is 287 g/mol. The SMILES string of the molecule is CSC1(CNCc2ccc(Cl)cc2[N+](=O)[O-])CC1. The van der Waals surface area contributed by atoms with E-state index in [1.165, 1.54) is 18.9 Å². The lowest BCUT2D eigenvalue weighted by Gasteiger charge is -2.13. The molecular formula is C12H15ClN2O2S. The molecule has 6 heteroatoms. The molecule has 18 heavy (non-hydrogen) atoms. The molecule has 0 aromatic heterocycles. The molecule has 4 nitrogen and oxygen atoms in total. The Hall–Kier alpha value is -0.780. The summed E-state index contributed by atoms with van der Waals surface area (Å²) in [6.45, 7) is 1.41. The standard InChI is InChI=1S/C12H15ClN2O2S/c1-18-12(4-5-12)8-14-7-9-2-3-10(13)6-11(9)15(16)17/h2-3,6,14H,4-5,7-8H2,1H3. The van der Waals surface area contributed by atoms with Crippen LogP contribution in [0.25, 0.3) is 0 Å². The molecule has 1 aromatic rings. The van der Waals surface area contributed by atoms with Gasteiger partial charge < -0.3 is 5.32 Å². The van der Waals surface area contributed by atoms with Gasteiger partial charge >= 0.3 is 0 Å². The van der Waals surface area contributed by atoms with Gasteiger partial charge in [-0.1, -0.05) is 11.6 Å². The van der Waals surface area contributed by atoms with Crippen molar-refractivity contribution in [3.8, 4) is 0 Å². The highest BCUT2D eigenvalue weighted by Gasteiger charge is 2.41. The van der Waals surface area contributed by atoms with Crippen LogP contribution >= 0.6 is 23.4 Å². The Morgan fingerprint density at radius 3 is 2.83 bits per heavy atom. The van der Waals surface area contributed by atoms with Crippen molar-refractivity contribution in [3.05, 3.63) is 38.9 Å². The third-order valence-corrected chi connectivity index (χ3v) is 4.90. The molecule has 2 rings (SSSR count). The van der Waals surface area contributed by atoms with E-state index in [-0.39, 0.29) is 10.6 Å². The maximum Gasteiger partial charge on any atom is 0.275 e. The monoisotopic (exact) mass is 286 g/mol. The third-order valence-electron chi connectivity index (χ3n) is 3.25. The zero-order valence-corrected chi connectivity index (χ0v) is 11.7. The molecule has 1 aliphatic carbocycles. The van der Waals surface area contributed by atoms with Crippen LogP contribution in [0.4, 0.5) is 5.69 Å². The van der Waals surface area contributed by atoms with Crippen LogP contribution in [-0.2, 0) is 6.54 Å². The number of nitrogens with zero attached hydrogens (tertiary/aromatic N) is 1. The van der Waals surface area contributed by atoms with Crippen molar-refractivity contribution >= 4 is 29.1 Å². The highest BCUT2D eigenvalue weighted by atomic mass is 35.5. The number of thioether (sulfide) groups is 1. The Morgan fingerprint density at radius 2 is 2.28 bits per heavy atom. The van der Waals surface area contributed by atoms with Gasteiger partial charge in [-0.2, -0.15) is 11.8 Å². The maximum atomic E-state index is 10.9. The zero-order valence-electron chi connectivity index (χ0n) is 10.1. The number of nitrogens with one attached hydrogen (secondary N) is 1. The van der Waals surface area contributed by atoms with Crippen LogP contribution in [0.2, 0.25) is 5.02 Å². The summed E-state index contributed by atoms with van der Waals surface area (Å²) in [5.74, 6) is 0. The van der Waals surface area contributed by atoms with Crippen molar-refractivity contribution in [1.82, 2.24) is 5.32 Å². The summed E-state index contributed by atoms with van der Waals surface area (Å²) in [4.78, 5) is 10.5. The number of hydrogen-bond acceptors (Lipinski definition) is 4. The van der Waals surface area contributed by atoms with Gasteiger partial charge in [-0.25, -0.2) is 0 Å². The Labute approximate surface area is 115 Å². The molecule has 0 radical (unpaired) electrons. The quantitative estimate of drug-likeness (QED) is 0.644. The first-order chi connectivity index (χ1) is 8.56. The first-order valence-electron chi connectivity index (χ1n) is 5.75. The Kier molecular flexibility index (Phi) is 4.14. The maximum absolute atomic E-state index is 10.9. The van der Waals surface area contributed by atoms with Crippen molar-refractivity contribution in [3.63, 3.8) is 0 Å². The topological polar surface area (TPSA) is 55.2 Å². The fourth-order valence-corrected chi connectivity index (χ4v) is 2.80. The van der Waals surface area contributed by atoms with Gasteiger partial charge in [-0.3, -0.25) is 10.1 Å². The van der Waals surface area contributed by atoms with Gasteiger partial charge in [0.2, 0.25) is 0 Å². The minimum Gasteiger partial charge on any atom is -0.311 e. The van der Waals surface area contributed by atoms with Crippen LogP contribution < -0.4 is 5.32 Å². The molecule has 0 spiro atoms. The molecule has 0 heterocycles. The number of nitro benzene ring substituents is 1. The van der Waals surface area contributed by atoms with Crippen LogP contribution in [0.5, 0.6) is 0 Å². The van der Waals surface area contributed by atoms with Gasteiger partial charge in [0.15, 0.2) is 0 Å². The van der Waals surface area contributed by atoms with Crippen molar-refractivity contribution in [1.29, 1.82) is 0 Å². The van der Waals surface area contributed by atoms with Gasteiger partial charge in [0.25, 0.3) is 5.69 Å². The Bertz CT molecular complexity index is 463. The van der Waals surface area contributed by atoms with Crippen molar-refractivity contribution in [2.24, 2.45) is 0 Å². The predicted octanol–water partition coefficient (Wildman–Crippen LogP) is 3.23. The number of nitro groups is 1. The second-order valence-corrected chi connectivity index (χ2v) is 6.23. The van der Waals surface area contributed by atoms with Gasteiger partial charge in [0.1, 0.15) is 0 Å². The average Bonchev–Trinajstić information content (AvgIpc) is 3.11. The van der Waals surface area contributed by atoms with Crippen LogP contribution in [0.1, 0.15) is 18.4 Å². The molecule has 1 N–H and O–H groups in total. The molecule has 0 atom stereocenters. The molecule has 0 unspecified atom stereocenters. The molecule has 0 saturated heterocycles. The van der Waals surface area contributed by atoms with E-state index in [4.69, 9.17) is 11.6 Å². The molecule has 1 aliphatic rings. The van der Waals surface area contributed by atoms with Gasteiger partial charge in [-0.05, 0) is 31.2 Å². The summed E-state index contributed by atoms with van der Waals surface area (Å²) < 4.78 is 0.362. The summed E-state index contributed by atoms with van der Waals surface area (Å²) in [5, 5.41) is 14.6. The fraction of sp³-hybridized carbons (Fsp3) is 0.500. The van der Waals surface area contributed by atoms with E-state index < -0.39 is 0 Å². The summed E-state index contributed by atoms with van der Waals surface area (Å²) >= 11 is 7.64. The van der Waals surface area contributed by atoms with Crippen LogP contribution in [0.3, 0.4) is 0 Å². The molecule has 0 bridgehead atoms. The highest BCUT2D eigenvalue weighted by molar-refractivity contribution is 8.00. The highest BCUT2D eigenvalue weighted by Crippen LogP contribution is 2.46. The lowest BCUT2D eigenvalue weighted by atomic mass is 10.2. The van der Waals surface area contributed by atoms with Crippen LogP contribution in [0, 0.1) is 10.1 Å². The molecule has 0 aliphatic heterocycles. The molecule has 1 saturated carbocycles. The van der Waals surface area contributed by atoms with E-state index in [0.717, 1.165) is 6.54 Å². The number of rotatable bonds is 6. The summed E-state index contributed by atoms with van der Waals surface area (Å²) in [6.07, 6.45) is 4.56. The van der Waals surface area contributed by atoms with E-state index in [1.807, 2.05) is 11.8 Å². The predicted molar refractivity (Wildman–Crippen MR) is 75.3 cm³/mol. The summed E-state index contributed by atoms with van der Waals surface area (Å²) in [5.41, 5.74) is 0.769. The molecular weight excluding hydrogens is 272 g/mol. The second kappa shape index (κ2) is 5.47. The number of benzene rings is 1. The van der Waals surface area contributed by atoms with Crippen LogP contribution in [-0.4, -0.2) is 22.5 Å². The first-order valence-corrected chi connectivity index (χ1v) is 7.35. The molecule has 0 amide bonds. The van der Waals surface area contributed by atoms with Crippen molar-refractivity contribution < 1.29 is 4.92 Å². The zero-order chi connectivity index (χ0) is 13.2. The minimum absolute atomic E-state index is 0.0870. The first kappa shape index (κ1) is 13.6. The van der Waals surface area contributed by atoms with Crippen molar-refractivity contribution in [2.45, 2.75) is 24.1 Å². The van der Waals surface area contributed by atoms with Crippen LogP contribution in [0.15, 0.2) is 18.2 Å².